The minimum atomic E-state index is -0.233. The Labute approximate surface area is 107 Å². The van der Waals surface area contributed by atoms with Gasteiger partial charge in [0.1, 0.15) is 5.01 Å². The Hall–Kier alpha value is -1.90. The molecule has 0 aliphatic carbocycles. The molecule has 2 heterocycles. The number of amides is 1. The first-order chi connectivity index (χ1) is 8.63. The van der Waals surface area contributed by atoms with E-state index in [0.29, 0.717) is 16.9 Å². The van der Waals surface area contributed by atoms with Gasteiger partial charge in [0, 0.05) is 6.42 Å². The molecule has 0 spiro atoms. The summed E-state index contributed by atoms with van der Waals surface area (Å²) in [5.41, 5.74) is 0. The number of hydrogen-bond donors (Lipinski definition) is 2. The third-order valence-corrected chi connectivity index (χ3v) is 2.86. The molecule has 18 heavy (non-hydrogen) atoms. The Bertz CT molecular complexity index is 507. The third-order valence-electron chi connectivity index (χ3n) is 2.00. The van der Waals surface area contributed by atoms with E-state index in [2.05, 4.69) is 50.0 Å². The molecule has 0 aliphatic heterocycles. The minimum absolute atomic E-state index is 0.0651. The summed E-state index contributed by atoms with van der Waals surface area (Å²) in [5, 5.41) is 25.1. The summed E-state index contributed by atoms with van der Waals surface area (Å²) in [6.45, 7) is 4.21. The van der Waals surface area contributed by atoms with Crippen LogP contribution in [0.15, 0.2) is 0 Å². The van der Waals surface area contributed by atoms with Gasteiger partial charge in [-0.2, -0.15) is 5.21 Å². The molecule has 2 N–H and O–H groups in total. The van der Waals surface area contributed by atoms with E-state index in [-0.39, 0.29) is 12.3 Å². The monoisotopic (exact) mass is 267 g/mol. The third kappa shape index (κ3) is 3.55. The van der Waals surface area contributed by atoms with Crippen molar-refractivity contribution in [2.24, 2.45) is 5.92 Å². The second-order valence-electron chi connectivity index (χ2n) is 4.15. The Morgan fingerprint density at radius 3 is 2.89 bits per heavy atom. The molecule has 0 unspecified atom stereocenters. The number of aromatic nitrogens is 6. The lowest BCUT2D eigenvalue weighted by Crippen LogP contribution is -2.15. The van der Waals surface area contributed by atoms with E-state index in [0.717, 1.165) is 11.4 Å². The highest BCUT2D eigenvalue weighted by atomic mass is 32.1. The van der Waals surface area contributed by atoms with Crippen molar-refractivity contribution in [2.45, 2.75) is 26.7 Å². The molecule has 0 aliphatic rings. The number of nitrogens with one attached hydrogen (secondary N) is 2. The molecular formula is C9H13N7OS. The van der Waals surface area contributed by atoms with Crippen molar-refractivity contribution < 1.29 is 4.79 Å². The van der Waals surface area contributed by atoms with Crippen LogP contribution < -0.4 is 5.32 Å². The molecule has 0 radical (unpaired) electrons. The smallest absolute Gasteiger partial charge is 0.234 e. The van der Waals surface area contributed by atoms with E-state index in [1.54, 1.807) is 0 Å². The van der Waals surface area contributed by atoms with Crippen molar-refractivity contribution in [3.63, 3.8) is 0 Å². The summed E-state index contributed by atoms with van der Waals surface area (Å²) >= 11 is 1.38. The summed E-state index contributed by atoms with van der Waals surface area (Å²) in [6.07, 6.45) is 0.925. The fourth-order valence-corrected chi connectivity index (χ4v) is 2.27. The fourth-order valence-electron chi connectivity index (χ4n) is 1.30. The van der Waals surface area contributed by atoms with E-state index in [1.807, 2.05) is 0 Å². The molecule has 2 aromatic heterocycles. The largest absolute Gasteiger partial charge is 0.300 e. The summed E-state index contributed by atoms with van der Waals surface area (Å²) in [6, 6.07) is 0. The van der Waals surface area contributed by atoms with Crippen molar-refractivity contribution >= 4 is 22.4 Å². The first-order valence-electron chi connectivity index (χ1n) is 5.48. The van der Waals surface area contributed by atoms with Crippen LogP contribution in [0.1, 0.15) is 24.7 Å². The number of H-pyrrole nitrogens is 1. The van der Waals surface area contributed by atoms with Crippen molar-refractivity contribution in [1.29, 1.82) is 0 Å². The van der Waals surface area contributed by atoms with Gasteiger partial charge in [-0.3, -0.25) is 4.79 Å². The molecule has 2 rings (SSSR count). The summed E-state index contributed by atoms with van der Waals surface area (Å²) in [7, 11) is 0. The first-order valence-corrected chi connectivity index (χ1v) is 6.29. The average molecular weight is 267 g/mol. The lowest BCUT2D eigenvalue weighted by molar-refractivity contribution is -0.115. The normalized spacial score (nSPS) is 10.8. The molecular weight excluding hydrogens is 254 g/mol. The number of rotatable bonds is 5. The maximum atomic E-state index is 11.6. The van der Waals surface area contributed by atoms with Crippen LogP contribution >= 0.6 is 11.3 Å². The van der Waals surface area contributed by atoms with Gasteiger partial charge in [-0.15, -0.1) is 20.4 Å². The molecule has 96 valence electrons. The highest BCUT2D eigenvalue weighted by molar-refractivity contribution is 7.15. The molecule has 8 nitrogen and oxygen atoms in total. The van der Waals surface area contributed by atoms with Gasteiger partial charge in [0.05, 0.1) is 6.42 Å². The molecule has 0 fully saturated rings. The zero-order valence-electron chi connectivity index (χ0n) is 10.0. The van der Waals surface area contributed by atoms with Crippen LogP contribution in [0.25, 0.3) is 0 Å². The lowest BCUT2D eigenvalue weighted by Gasteiger charge is -1.98. The molecule has 0 saturated heterocycles. The number of carbonyl (C=O) groups is 1. The van der Waals surface area contributed by atoms with E-state index >= 15 is 0 Å². The molecule has 0 bridgehead atoms. The Balaban J connectivity index is 1.89. The first kappa shape index (κ1) is 12.6. The van der Waals surface area contributed by atoms with Gasteiger partial charge in [0.15, 0.2) is 5.82 Å². The summed E-state index contributed by atoms with van der Waals surface area (Å²) < 4.78 is 0. The van der Waals surface area contributed by atoms with Crippen LogP contribution in [0, 0.1) is 5.92 Å². The number of tetrazole rings is 1. The van der Waals surface area contributed by atoms with Crippen molar-refractivity contribution in [3.05, 3.63) is 10.8 Å². The van der Waals surface area contributed by atoms with Crippen molar-refractivity contribution in [3.8, 4) is 0 Å². The number of aromatic amines is 1. The minimum Gasteiger partial charge on any atom is -0.300 e. The molecule has 0 saturated carbocycles. The predicted octanol–water partition coefficient (Wildman–Crippen LogP) is 0.431. The molecule has 9 heteroatoms. The van der Waals surface area contributed by atoms with Gasteiger partial charge in [-0.05, 0) is 5.92 Å². The van der Waals surface area contributed by atoms with Gasteiger partial charge < -0.3 is 5.32 Å². The highest BCUT2D eigenvalue weighted by Crippen LogP contribution is 2.18. The van der Waals surface area contributed by atoms with Crippen LogP contribution in [0.2, 0.25) is 0 Å². The number of anilines is 1. The highest BCUT2D eigenvalue weighted by Gasteiger charge is 2.11. The topological polar surface area (TPSA) is 109 Å². The van der Waals surface area contributed by atoms with Crippen LogP contribution in [-0.2, 0) is 17.6 Å². The van der Waals surface area contributed by atoms with Gasteiger partial charge in [-0.25, -0.2) is 0 Å². The van der Waals surface area contributed by atoms with Crippen LogP contribution in [0.3, 0.4) is 0 Å². The number of carbonyl (C=O) groups excluding carboxylic acids is 1. The quantitative estimate of drug-likeness (QED) is 0.813. The summed E-state index contributed by atoms with van der Waals surface area (Å²) in [5.74, 6) is 0.629. The Kier molecular flexibility index (Phi) is 3.92. The molecule has 1 amide bonds. The van der Waals surface area contributed by atoms with Crippen molar-refractivity contribution in [1.82, 2.24) is 30.8 Å². The Morgan fingerprint density at radius 2 is 2.22 bits per heavy atom. The Morgan fingerprint density at radius 1 is 1.39 bits per heavy atom. The second-order valence-corrected chi connectivity index (χ2v) is 5.21. The fraction of sp³-hybridized carbons (Fsp3) is 0.556. The van der Waals surface area contributed by atoms with E-state index < -0.39 is 0 Å². The maximum absolute atomic E-state index is 11.6. The van der Waals surface area contributed by atoms with Gasteiger partial charge in [0.2, 0.25) is 11.0 Å². The van der Waals surface area contributed by atoms with Gasteiger partial charge in [0.25, 0.3) is 0 Å². The number of nitrogens with zero attached hydrogens (tertiary/aromatic N) is 5. The van der Waals surface area contributed by atoms with Crippen LogP contribution in [0.5, 0.6) is 0 Å². The van der Waals surface area contributed by atoms with E-state index in [9.17, 15) is 4.79 Å². The predicted molar refractivity (Wildman–Crippen MR) is 65.0 cm³/mol. The van der Waals surface area contributed by atoms with E-state index in [1.165, 1.54) is 11.3 Å². The lowest BCUT2D eigenvalue weighted by atomic mass is 10.1. The van der Waals surface area contributed by atoms with Gasteiger partial charge >= 0.3 is 0 Å². The second kappa shape index (κ2) is 5.63. The van der Waals surface area contributed by atoms with E-state index in [4.69, 9.17) is 0 Å². The standard InChI is InChI=1S/C9H13N7OS/c1-5(2)3-8-13-14-9(18-8)10-7(17)4-6-11-15-16-12-6/h5H,3-4H2,1-2H3,(H,10,14,17)(H,11,12,15,16). The molecule has 0 aromatic carbocycles. The van der Waals surface area contributed by atoms with Crippen molar-refractivity contribution in [2.75, 3.05) is 5.32 Å². The zero-order chi connectivity index (χ0) is 13.0. The zero-order valence-corrected chi connectivity index (χ0v) is 10.9. The molecule has 2 aromatic rings. The maximum Gasteiger partial charge on any atom is 0.234 e. The summed E-state index contributed by atoms with van der Waals surface area (Å²) in [4.78, 5) is 11.6. The number of hydrogen-bond acceptors (Lipinski definition) is 7. The average Bonchev–Trinajstić information content (AvgIpc) is 2.89. The van der Waals surface area contributed by atoms with Crippen LogP contribution in [0.4, 0.5) is 5.13 Å². The van der Waals surface area contributed by atoms with Crippen LogP contribution in [-0.4, -0.2) is 36.7 Å². The SMILES string of the molecule is CC(C)Cc1nnc(NC(=O)Cc2nn[nH]n2)s1. The van der Waals surface area contributed by atoms with Gasteiger partial charge in [-0.1, -0.05) is 30.4 Å². The molecule has 0 atom stereocenters.